The number of aromatic nitrogens is 1. The van der Waals surface area contributed by atoms with Gasteiger partial charge in [0.05, 0.1) is 16.0 Å². The standard InChI is InChI=1S/C26H33N5O4S/c1-17-13-25(32)28-23-10-8-18(14-21(17)23)27-26(33)22-15-20(36(34,35)30(4)5)9-11-24(22)31-12-6-7-19(31)16-29(2)3/h8-11,13-15,19H,6-7,12,16H2,1-5H3,(H,27,33)(H,28,32). The average Bonchev–Trinajstić information content (AvgIpc) is 3.26. The zero-order chi connectivity index (χ0) is 26.2. The average molecular weight is 512 g/mol. The second-order valence-corrected chi connectivity index (χ2v) is 11.9. The van der Waals surface area contributed by atoms with Crippen molar-refractivity contribution in [1.82, 2.24) is 14.2 Å². The third-order valence-corrected chi connectivity index (χ3v) is 8.32. The second kappa shape index (κ2) is 10.0. The normalized spacial score (nSPS) is 16.3. The van der Waals surface area contributed by atoms with E-state index in [-0.39, 0.29) is 22.7 Å². The third kappa shape index (κ3) is 5.16. The number of carbonyl (C=O) groups is 1. The van der Waals surface area contributed by atoms with E-state index in [9.17, 15) is 18.3 Å². The van der Waals surface area contributed by atoms with Crippen molar-refractivity contribution in [2.24, 2.45) is 0 Å². The van der Waals surface area contributed by atoms with Gasteiger partial charge in [-0.25, -0.2) is 17.7 Å². The Morgan fingerprint density at radius 1 is 1.14 bits per heavy atom. The lowest BCUT2D eigenvalue weighted by atomic mass is 10.1. The fourth-order valence-corrected chi connectivity index (χ4v) is 5.66. The van der Waals surface area contributed by atoms with Crippen molar-refractivity contribution in [3.63, 3.8) is 0 Å². The smallest absolute Gasteiger partial charge is 0.257 e. The van der Waals surface area contributed by atoms with Gasteiger partial charge in [0.15, 0.2) is 0 Å². The highest BCUT2D eigenvalue weighted by Gasteiger charge is 2.30. The number of hydrogen-bond donors (Lipinski definition) is 2. The molecule has 3 aromatic rings. The molecule has 0 aliphatic carbocycles. The molecule has 0 bridgehead atoms. The van der Waals surface area contributed by atoms with E-state index in [0.717, 1.165) is 46.9 Å². The summed E-state index contributed by atoms with van der Waals surface area (Å²) in [6.07, 6.45) is 2.00. The topological polar surface area (TPSA) is 106 Å². The number of aromatic hydroxyl groups is 1. The minimum Gasteiger partial charge on any atom is -0.493 e. The summed E-state index contributed by atoms with van der Waals surface area (Å²) in [5.41, 5.74) is 3.04. The highest BCUT2D eigenvalue weighted by Crippen LogP contribution is 2.32. The first-order valence-electron chi connectivity index (χ1n) is 11.9. The van der Waals surface area contributed by atoms with Crippen molar-refractivity contribution in [3.8, 4) is 5.88 Å². The van der Waals surface area contributed by atoms with Crippen LogP contribution in [0.15, 0.2) is 47.4 Å². The van der Waals surface area contributed by atoms with Crippen LogP contribution in [0.2, 0.25) is 0 Å². The molecule has 4 rings (SSSR count). The van der Waals surface area contributed by atoms with Crippen LogP contribution in [0.4, 0.5) is 11.4 Å². The molecule has 0 spiro atoms. The van der Waals surface area contributed by atoms with Crippen molar-refractivity contribution in [2.75, 3.05) is 51.5 Å². The zero-order valence-corrected chi connectivity index (χ0v) is 22.1. The number of anilines is 2. The van der Waals surface area contributed by atoms with E-state index in [2.05, 4.69) is 20.1 Å². The number of pyridine rings is 1. The first kappa shape index (κ1) is 25.9. The van der Waals surface area contributed by atoms with E-state index >= 15 is 0 Å². The van der Waals surface area contributed by atoms with Crippen LogP contribution in [0.25, 0.3) is 10.9 Å². The number of nitrogens with zero attached hydrogens (tertiary/aromatic N) is 4. The van der Waals surface area contributed by atoms with Crippen LogP contribution < -0.4 is 10.2 Å². The van der Waals surface area contributed by atoms with Crippen LogP contribution in [0.5, 0.6) is 5.88 Å². The van der Waals surface area contributed by atoms with E-state index in [1.807, 2.05) is 21.0 Å². The molecule has 192 valence electrons. The molecule has 1 aliphatic heterocycles. The summed E-state index contributed by atoms with van der Waals surface area (Å²) in [7, 11) is 3.26. The maximum Gasteiger partial charge on any atom is 0.257 e. The van der Waals surface area contributed by atoms with E-state index in [4.69, 9.17) is 0 Å². The van der Waals surface area contributed by atoms with Gasteiger partial charge in [-0.15, -0.1) is 0 Å². The molecule has 1 aliphatic rings. The number of aryl methyl sites for hydroxylation is 1. The molecular weight excluding hydrogens is 478 g/mol. The largest absolute Gasteiger partial charge is 0.493 e. The highest BCUT2D eigenvalue weighted by molar-refractivity contribution is 7.89. The molecular formula is C26H33N5O4S. The second-order valence-electron chi connectivity index (χ2n) is 9.70. The monoisotopic (exact) mass is 511 g/mol. The quantitative estimate of drug-likeness (QED) is 0.501. The summed E-state index contributed by atoms with van der Waals surface area (Å²) in [6.45, 7) is 3.49. The number of fused-ring (bicyclic) bond motifs is 1. The van der Waals surface area contributed by atoms with Gasteiger partial charge in [-0.1, -0.05) is 0 Å². The first-order chi connectivity index (χ1) is 17.0. The SMILES string of the molecule is Cc1cc(O)nc2ccc(NC(=O)c3cc(S(=O)(=O)N(C)C)ccc3N3CCCC3CN(C)C)cc12. The summed E-state index contributed by atoms with van der Waals surface area (Å²) in [5, 5.41) is 13.5. The number of benzene rings is 2. The predicted octanol–water partition coefficient (Wildman–Crippen LogP) is 3.28. The Balaban J connectivity index is 1.75. The minimum atomic E-state index is -3.72. The van der Waals surface area contributed by atoms with E-state index in [1.54, 1.807) is 36.4 Å². The Hall–Kier alpha value is -3.21. The van der Waals surface area contributed by atoms with Gasteiger partial charge in [-0.05, 0) is 75.8 Å². The summed E-state index contributed by atoms with van der Waals surface area (Å²) >= 11 is 0. The Morgan fingerprint density at radius 2 is 1.89 bits per heavy atom. The summed E-state index contributed by atoms with van der Waals surface area (Å²) in [4.78, 5) is 22.2. The fourth-order valence-electron chi connectivity index (χ4n) is 4.74. The highest BCUT2D eigenvalue weighted by atomic mass is 32.2. The number of hydrogen-bond acceptors (Lipinski definition) is 7. The molecule has 9 nitrogen and oxygen atoms in total. The van der Waals surface area contributed by atoms with Crippen LogP contribution in [-0.2, 0) is 10.0 Å². The van der Waals surface area contributed by atoms with Gasteiger partial charge in [0.2, 0.25) is 15.9 Å². The molecule has 2 heterocycles. The van der Waals surface area contributed by atoms with Crippen molar-refractivity contribution < 1.29 is 18.3 Å². The first-order valence-corrected chi connectivity index (χ1v) is 13.3. The van der Waals surface area contributed by atoms with Crippen LogP contribution in [-0.4, -0.2) is 80.9 Å². The zero-order valence-electron chi connectivity index (χ0n) is 21.3. The van der Waals surface area contributed by atoms with Crippen molar-refractivity contribution >= 4 is 38.2 Å². The molecule has 1 aromatic heterocycles. The Morgan fingerprint density at radius 3 is 2.58 bits per heavy atom. The molecule has 0 radical (unpaired) electrons. The molecule has 10 heteroatoms. The van der Waals surface area contributed by atoms with Crippen LogP contribution in [0.1, 0.15) is 28.8 Å². The van der Waals surface area contributed by atoms with E-state index < -0.39 is 10.0 Å². The molecule has 1 atom stereocenters. The van der Waals surface area contributed by atoms with Crippen LogP contribution in [0, 0.1) is 6.92 Å². The molecule has 1 saturated heterocycles. The number of rotatable bonds is 7. The van der Waals surface area contributed by atoms with E-state index in [0.29, 0.717) is 16.8 Å². The molecule has 36 heavy (non-hydrogen) atoms. The number of sulfonamides is 1. The molecule has 1 amide bonds. The Bertz CT molecular complexity index is 1400. The van der Waals surface area contributed by atoms with E-state index in [1.165, 1.54) is 20.2 Å². The van der Waals surface area contributed by atoms with Gasteiger partial charge in [0, 0.05) is 56.1 Å². The summed E-state index contributed by atoms with van der Waals surface area (Å²) in [6, 6.07) is 11.8. The van der Waals surface area contributed by atoms with Crippen LogP contribution in [0.3, 0.4) is 0 Å². The predicted molar refractivity (Wildman–Crippen MR) is 142 cm³/mol. The third-order valence-electron chi connectivity index (χ3n) is 6.51. The number of nitrogens with one attached hydrogen (secondary N) is 1. The Kier molecular flexibility index (Phi) is 7.21. The molecule has 2 aromatic carbocycles. The molecule has 1 fully saturated rings. The minimum absolute atomic E-state index is 0.0572. The fraction of sp³-hybridized carbons (Fsp3) is 0.385. The molecule has 0 saturated carbocycles. The maximum absolute atomic E-state index is 13.6. The lowest BCUT2D eigenvalue weighted by Gasteiger charge is -2.31. The lowest BCUT2D eigenvalue weighted by molar-refractivity contribution is 0.102. The summed E-state index contributed by atoms with van der Waals surface area (Å²) < 4.78 is 26.9. The van der Waals surface area contributed by atoms with Gasteiger partial charge in [-0.2, -0.15) is 0 Å². The van der Waals surface area contributed by atoms with Crippen molar-refractivity contribution in [1.29, 1.82) is 0 Å². The number of amides is 1. The van der Waals surface area contributed by atoms with Gasteiger partial charge in [0.1, 0.15) is 0 Å². The maximum atomic E-state index is 13.6. The number of carbonyl (C=O) groups excluding carboxylic acids is 1. The van der Waals surface area contributed by atoms with Crippen molar-refractivity contribution in [2.45, 2.75) is 30.7 Å². The summed E-state index contributed by atoms with van der Waals surface area (Å²) in [5.74, 6) is -0.446. The number of likely N-dealkylation sites (N-methyl/N-ethyl adjacent to an activating group) is 1. The Labute approximate surface area is 212 Å². The van der Waals surface area contributed by atoms with Gasteiger partial charge < -0.3 is 20.2 Å². The van der Waals surface area contributed by atoms with Gasteiger partial charge in [-0.3, -0.25) is 4.79 Å². The van der Waals surface area contributed by atoms with Gasteiger partial charge >= 0.3 is 0 Å². The van der Waals surface area contributed by atoms with Crippen LogP contribution >= 0.6 is 0 Å². The van der Waals surface area contributed by atoms with Crippen molar-refractivity contribution in [3.05, 3.63) is 53.6 Å². The van der Waals surface area contributed by atoms with Gasteiger partial charge in [0.25, 0.3) is 5.91 Å². The molecule has 1 unspecified atom stereocenters. The molecule has 2 N–H and O–H groups in total. The lowest BCUT2D eigenvalue weighted by Crippen LogP contribution is -2.38.